The molecule has 1 aromatic carbocycles. The number of imide groups is 1. The lowest BCUT2D eigenvalue weighted by molar-refractivity contribution is -0.123. The van der Waals surface area contributed by atoms with Gasteiger partial charge in [0.05, 0.1) is 17.5 Å². The third kappa shape index (κ3) is 2.03. The smallest absolute Gasteiger partial charge is 0.238 e. The minimum absolute atomic E-state index is 0.0326. The van der Waals surface area contributed by atoms with Gasteiger partial charge in [-0.3, -0.25) is 19.3 Å². The second-order valence-electron chi connectivity index (χ2n) is 6.62. The number of fused-ring (bicyclic) bond motifs is 5. The van der Waals surface area contributed by atoms with Crippen LogP contribution < -0.4 is 4.90 Å². The van der Waals surface area contributed by atoms with E-state index < -0.39 is 0 Å². The van der Waals surface area contributed by atoms with Crippen LogP contribution in [0.1, 0.15) is 23.7 Å². The lowest BCUT2D eigenvalue weighted by Gasteiger charge is -2.28. The van der Waals surface area contributed by atoms with Gasteiger partial charge >= 0.3 is 0 Å². The van der Waals surface area contributed by atoms with Crippen molar-refractivity contribution in [3.63, 3.8) is 0 Å². The predicted octanol–water partition coefficient (Wildman–Crippen LogP) is 3.17. The molecular formula is C17H15Br2NO3. The van der Waals surface area contributed by atoms with Crippen molar-refractivity contribution >= 4 is 55.1 Å². The van der Waals surface area contributed by atoms with Crippen molar-refractivity contribution in [2.24, 2.45) is 23.7 Å². The molecule has 3 fully saturated rings. The Morgan fingerprint density at radius 2 is 1.48 bits per heavy atom. The number of carbonyl (C=O) groups excluding carboxylic acids is 3. The highest BCUT2D eigenvalue weighted by Gasteiger charge is 2.66. The third-order valence-corrected chi connectivity index (χ3v) is 8.73. The van der Waals surface area contributed by atoms with Crippen molar-refractivity contribution in [2.45, 2.75) is 23.0 Å². The Morgan fingerprint density at radius 1 is 1.00 bits per heavy atom. The highest BCUT2D eigenvalue weighted by molar-refractivity contribution is 9.12. The molecule has 23 heavy (non-hydrogen) atoms. The van der Waals surface area contributed by atoms with Gasteiger partial charge in [0.1, 0.15) is 0 Å². The van der Waals surface area contributed by atoms with E-state index in [1.54, 1.807) is 24.3 Å². The van der Waals surface area contributed by atoms with Gasteiger partial charge in [-0.1, -0.05) is 31.9 Å². The van der Waals surface area contributed by atoms with E-state index in [1.807, 2.05) is 0 Å². The normalized spacial score (nSPS) is 38.3. The van der Waals surface area contributed by atoms with Gasteiger partial charge in [-0.2, -0.15) is 0 Å². The summed E-state index contributed by atoms with van der Waals surface area (Å²) in [6.45, 7) is 1.50. The zero-order valence-electron chi connectivity index (χ0n) is 12.4. The quantitative estimate of drug-likeness (QED) is 0.403. The first-order chi connectivity index (χ1) is 10.9. The van der Waals surface area contributed by atoms with Crippen LogP contribution in [0.25, 0.3) is 0 Å². The Bertz CT molecular complexity index is 685. The molecule has 2 aliphatic carbocycles. The molecule has 2 saturated carbocycles. The maximum atomic E-state index is 12.9. The lowest BCUT2D eigenvalue weighted by Crippen LogP contribution is -2.37. The minimum Gasteiger partial charge on any atom is -0.295 e. The Hall–Kier alpha value is -1.01. The number of anilines is 1. The molecule has 0 spiro atoms. The molecule has 2 amide bonds. The Kier molecular flexibility index (Phi) is 3.54. The summed E-state index contributed by atoms with van der Waals surface area (Å²) in [5.74, 6) is -0.204. The summed E-state index contributed by atoms with van der Waals surface area (Å²) < 4.78 is 0. The van der Waals surface area contributed by atoms with Gasteiger partial charge in [-0.05, 0) is 49.4 Å². The van der Waals surface area contributed by atoms with Crippen LogP contribution in [0.2, 0.25) is 0 Å². The number of hydrogen-bond donors (Lipinski definition) is 0. The number of hydrogen-bond acceptors (Lipinski definition) is 3. The maximum absolute atomic E-state index is 12.9. The molecule has 4 nitrogen and oxygen atoms in total. The summed E-state index contributed by atoms with van der Waals surface area (Å²) in [6, 6.07) is 6.71. The zero-order valence-corrected chi connectivity index (χ0v) is 15.6. The maximum Gasteiger partial charge on any atom is 0.238 e. The molecule has 1 aromatic rings. The Balaban J connectivity index is 1.68. The average molecular weight is 441 g/mol. The second kappa shape index (κ2) is 5.24. The molecule has 1 heterocycles. The van der Waals surface area contributed by atoms with Crippen molar-refractivity contribution in [3.8, 4) is 0 Å². The molecule has 0 aromatic heterocycles. The van der Waals surface area contributed by atoms with E-state index in [9.17, 15) is 14.4 Å². The number of nitrogens with zero attached hydrogens (tertiary/aromatic N) is 1. The molecule has 0 unspecified atom stereocenters. The first-order valence-electron chi connectivity index (χ1n) is 7.68. The van der Waals surface area contributed by atoms with Crippen molar-refractivity contribution in [3.05, 3.63) is 29.8 Å². The van der Waals surface area contributed by atoms with E-state index in [0.29, 0.717) is 11.3 Å². The molecule has 1 saturated heterocycles. The van der Waals surface area contributed by atoms with E-state index in [2.05, 4.69) is 31.9 Å². The van der Waals surface area contributed by atoms with Crippen molar-refractivity contribution in [2.75, 3.05) is 4.90 Å². The first-order valence-corrected chi connectivity index (χ1v) is 9.52. The fourth-order valence-corrected chi connectivity index (χ4v) is 6.32. The van der Waals surface area contributed by atoms with E-state index >= 15 is 0 Å². The van der Waals surface area contributed by atoms with E-state index in [4.69, 9.17) is 0 Å². The molecular weight excluding hydrogens is 426 g/mol. The van der Waals surface area contributed by atoms with Crippen LogP contribution in [0.4, 0.5) is 5.69 Å². The number of halogens is 2. The number of ketones is 1. The highest BCUT2D eigenvalue weighted by Crippen LogP contribution is 2.60. The van der Waals surface area contributed by atoms with Crippen molar-refractivity contribution < 1.29 is 14.4 Å². The van der Waals surface area contributed by atoms with Gasteiger partial charge in [0.2, 0.25) is 11.8 Å². The largest absolute Gasteiger partial charge is 0.295 e. The average Bonchev–Trinajstić information content (AvgIpc) is 3.12. The summed E-state index contributed by atoms with van der Waals surface area (Å²) in [4.78, 5) is 38.9. The molecule has 2 bridgehead atoms. The second-order valence-corrected chi connectivity index (χ2v) is 8.73. The number of alkyl halides is 2. The Morgan fingerprint density at radius 3 is 1.91 bits per heavy atom. The topological polar surface area (TPSA) is 54.5 Å². The molecule has 0 radical (unpaired) electrons. The number of Topliss-reactive ketones (excluding diaryl/α,β-unsaturated/α-hetero) is 1. The van der Waals surface area contributed by atoms with Crippen LogP contribution in [0.3, 0.4) is 0 Å². The summed E-state index contributed by atoms with van der Waals surface area (Å²) in [7, 11) is 0. The van der Waals surface area contributed by atoms with Gasteiger partial charge in [0.15, 0.2) is 5.78 Å². The zero-order chi connectivity index (χ0) is 16.5. The standard InChI is InChI=1S/C17H15Br2NO3/c1-7(21)8-2-4-9(5-3-8)20-16(22)12-10-6-11(13(12)17(20)23)15(19)14(10)18/h2-5,10-15H,6H2,1H3/t10-,11-,12-,13-,14-,15+/m0/s1. The molecule has 6 atom stereocenters. The fourth-order valence-electron chi connectivity index (χ4n) is 4.45. The van der Waals surface area contributed by atoms with Crippen molar-refractivity contribution in [1.82, 2.24) is 0 Å². The summed E-state index contributed by atoms with van der Waals surface area (Å²) in [5, 5.41) is 0. The highest BCUT2D eigenvalue weighted by atomic mass is 79.9. The van der Waals surface area contributed by atoms with E-state index in [1.165, 1.54) is 11.8 Å². The van der Waals surface area contributed by atoms with Crippen LogP contribution >= 0.6 is 31.9 Å². The van der Waals surface area contributed by atoms with Gasteiger partial charge in [-0.25, -0.2) is 0 Å². The van der Waals surface area contributed by atoms with Gasteiger partial charge in [0.25, 0.3) is 0 Å². The van der Waals surface area contributed by atoms with Crippen LogP contribution in [-0.2, 0) is 9.59 Å². The van der Waals surface area contributed by atoms with Crippen LogP contribution in [0, 0.1) is 23.7 Å². The summed E-state index contributed by atoms with van der Waals surface area (Å²) >= 11 is 7.36. The SMILES string of the molecule is CC(=O)c1ccc(N2C(=O)[C@H]3[C@@H]4C[C@H]([C@@H](Br)[C@H]4Br)[C@@H]3C2=O)cc1. The number of benzene rings is 1. The Labute approximate surface area is 150 Å². The molecule has 3 aliphatic rings. The predicted molar refractivity (Wildman–Crippen MR) is 92.9 cm³/mol. The van der Waals surface area contributed by atoms with Crippen LogP contribution in [0.5, 0.6) is 0 Å². The fraction of sp³-hybridized carbons (Fsp3) is 0.471. The lowest BCUT2D eigenvalue weighted by atomic mass is 9.81. The third-order valence-electron chi connectivity index (χ3n) is 5.52. The molecule has 120 valence electrons. The monoisotopic (exact) mass is 439 g/mol. The molecule has 1 aliphatic heterocycles. The van der Waals surface area contributed by atoms with E-state index in [0.717, 1.165) is 6.42 Å². The molecule has 4 rings (SSSR count). The van der Waals surface area contributed by atoms with Crippen LogP contribution in [0.15, 0.2) is 24.3 Å². The van der Waals surface area contributed by atoms with E-state index in [-0.39, 0.29) is 50.9 Å². The van der Waals surface area contributed by atoms with Crippen molar-refractivity contribution in [1.29, 1.82) is 0 Å². The van der Waals surface area contributed by atoms with Gasteiger partial charge < -0.3 is 0 Å². The van der Waals surface area contributed by atoms with Crippen LogP contribution in [-0.4, -0.2) is 27.3 Å². The minimum atomic E-state index is -0.210. The summed E-state index contributed by atoms with van der Waals surface area (Å²) in [5.41, 5.74) is 1.14. The molecule has 0 N–H and O–H groups in total. The number of carbonyl (C=O) groups is 3. The van der Waals surface area contributed by atoms with Gasteiger partial charge in [0, 0.05) is 15.2 Å². The summed E-state index contributed by atoms with van der Waals surface area (Å²) in [6.07, 6.45) is 0.926. The molecule has 6 heteroatoms. The van der Waals surface area contributed by atoms with Gasteiger partial charge in [-0.15, -0.1) is 0 Å². The first kappa shape index (κ1) is 15.5. The number of amides is 2. The number of rotatable bonds is 2.